The Morgan fingerprint density at radius 1 is 1.53 bits per heavy atom. The second kappa shape index (κ2) is 4.91. The van der Waals surface area contributed by atoms with Crippen LogP contribution in [-0.2, 0) is 4.79 Å². The van der Waals surface area contributed by atoms with Crippen LogP contribution in [0.5, 0.6) is 5.75 Å². The minimum Gasteiger partial charge on any atom is -0.494 e. The lowest BCUT2D eigenvalue weighted by atomic mass is 9.96. The van der Waals surface area contributed by atoms with Crippen molar-refractivity contribution in [3.05, 3.63) is 29.6 Å². The Bertz CT molecular complexity index is 361. The Morgan fingerprint density at radius 2 is 2.20 bits per heavy atom. The number of ether oxygens (including phenoxy) is 1. The minimum absolute atomic E-state index is 0.0444. The summed E-state index contributed by atoms with van der Waals surface area (Å²) in [4.78, 5) is 10.9. The van der Waals surface area contributed by atoms with Crippen LogP contribution in [0, 0.1) is 5.82 Å². The summed E-state index contributed by atoms with van der Waals surface area (Å²) >= 11 is 0. The highest BCUT2D eigenvalue weighted by molar-refractivity contribution is 5.76. The second-order valence-corrected chi connectivity index (χ2v) is 3.70. The molecule has 1 aromatic rings. The quantitative estimate of drug-likeness (QED) is 0.763. The molecule has 15 heavy (non-hydrogen) atoms. The summed E-state index contributed by atoms with van der Waals surface area (Å²) in [6.45, 7) is 3.44. The van der Waals surface area contributed by atoms with E-state index in [-0.39, 0.29) is 23.3 Å². The number of benzene rings is 1. The van der Waals surface area contributed by atoms with Gasteiger partial charge < -0.3 is 9.53 Å². The van der Waals surface area contributed by atoms with E-state index in [1.165, 1.54) is 20.1 Å². The number of carbonyl (C=O) groups is 1. The third-order valence-electron chi connectivity index (χ3n) is 2.34. The summed E-state index contributed by atoms with van der Waals surface area (Å²) in [5.74, 6) is 0.000749. The van der Waals surface area contributed by atoms with Crippen molar-refractivity contribution >= 4 is 5.78 Å². The van der Waals surface area contributed by atoms with Gasteiger partial charge in [0.25, 0.3) is 0 Å². The monoisotopic (exact) mass is 210 g/mol. The van der Waals surface area contributed by atoms with Crippen molar-refractivity contribution in [3.8, 4) is 5.75 Å². The molecule has 82 valence electrons. The van der Waals surface area contributed by atoms with Crippen LogP contribution in [0.15, 0.2) is 18.2 Å². The summed E-state index contributed by atoms with van der Waals surface area (Å²) in [6.07, 6.45) is 0.436. The molecular weight excluding hydrogens is 195 g/mol. The smallest absolute Gasteiger partial charge is 0.165 e. The minimum atomic E-state index is -0.384. The maximum absolute atomic E-state index is 13.3. The van der Waals surface area contributed by atoms with Crippen molar-refractivity contribution in [3.63, 3.8) is 0 Å². The molecule has 2 nitrogen and oxygen atoms in total. The van der Waals surface area contributed by atoms with Gasteiger partial charge in [0.1, 0.15) is 5.78 Å². The van der Waals surface area contributed by atoms with Gasteiger partial charge in [0.2, 0.25) is 0 Å². The molecule has 0 bridgehead atoms. The molecule has 0 spiro atoms. The van der Waals surface area contributed by atoms with Gasteiger partial charge in [-0.2, -0.15) is 0 Å². The maximum atomic E-state index is 13.3. The first-order valence-electron chi connectivity index (χ1n) is 4.87. The van der Waals surface area contributed by atoms with E-state index < -0.39 is 0 Å². The molecule has 0 aliphatic heterocycles. The summed E-state index contributed by atoms with van der Waals surface area (Å²) < 4.78 is 18.2. The van der Waals surface area contributed by atoms with Crippen LogP contribution in [0.4, 0.5) is 4.39 Å². The van der Waals surface area contributed by atoms with Gasteiger partial charge >= 0.3 is 0 Å². The lowest BCUT2D eigenvalue weighted by Crippen LogP contribution is -2.01. The van der Waals surface area contributed by atoms with Gasteiger partial charge in [-0.25, -0.2) is 4.39 Å². The van der Waals surface area contributed by atoms with E-state index in [1.807, 2.05) is 6.92 Å². The molecule has 0 amide bonds. The van der Waals surface area contributed by atoms with Crippen LogP contribution in [0.3, 0.4) is 0 Å². The molecule has 0 aromatic heterocycles. The second-order valence-electron chi connectivity index (χ2n) is 3.70. The van der Waals surface area contributed by atoms with E-state index >= 15 is 0 Å². The number of carbonyl (C=O) groups excluding carboxylic acids is 1. The molecule has 0 aliphatic rings. The lowest BCUT2D eigenvalue weighted by molar-refractivity contribution is -0.117. The van der Waals surface area contributed by atoms with Crippen LogP contribution in [-0.4, -0.2) is 12.9 Å². The Balaban J connectivity index is 2.87. The van der Waals surface area contributed by atoms with E-state index in [0.717, 1.165) is 5.56 Å². The summed E-state index contributed by atoms with van der Waals surface area (Å²) in [6, 6.07) is 4.79. The third kappa shape index (κ3) is 3.05. The number of Topliss-reactive ketones (excluding diaryl/α,β-unsaturated/α-hetero) is 1. The molecule has 0 N–H and O–H groups in total. The van der Waals surface area contributed by atoms with Crippen LogP contribution < -0.4 is 4.74 Å². The van der Waals surface area contributed by atoms with Gasteiger partial charge in [-0.15, -0.1) is 0 Å². The summed E-state index contributed by atoms with van der Waals surface area (Å²) in [5, 5.41) is 0. The number of halogens is 1. The molecule has 1 rings (SSSR count). The van der Waals surface area contributed by atoms with E-state index in [4.69, 9.17) is 4.74 Å². The van der Waals surface area contributed by atoms with Gasteiger partial charge in [-0.3, -0.25) is 0 Å². The highest BCUT2D eigenvalue weighted by Crippen LogP contribution is 2.24. The molecule has 0 fully saturated rings. The molecule has 0 saturated heterocycles. The molecule has 0 radical (unpaired) electrons. The molecule has 0 aliphatic carbocycles. The highest BCUT2D eigenvalue weighted by atomic mass is 19.1. The van der Waals surface area contributed by atoms with E-state index in [0.29, 0.717) is 6.42 Å². The zero-order valence-corrected chi connectivity index (χ0v) is 9.21. The first-order chi connectivity index (χ1) is 7.04. The Labute approximate surface area is 89.1 Å². The normalized spacial score (nSPS) is 12.3. The zero-order valence-electron chi connectivity index (χ0n) is 9.21. The van der Waals surface area contributed by atoms with Crippen molar-refractivity contribution in [2.24, 2.45) is 0 Å². The zero-order chi connectivity index (χ0) is 11.4. The predicted octanol–water partition coefficient (Wildman–Crippen LogP) is 2.92. The topological polar surface area (TPSA) is 26.3 Å². The Hall–Kier alpha value is -1.38. The first-order valence-corrected chi connectivity index (χ1v) is 4.87. The molecular formula is C12H15FO2. The maximum Gasteiger partial charge on any atom is 0.165 e. The number of hydrogen-bond acceptors (Lipinski definition) is 2. The largest absolute Gasteiger partial charge is 0.494 e. The fourth-order valence-electron chi connectivity index (χ4n) is 1.54. The molecule has 0 saturated carbocycles. The number of methoxy groups -OCH3 is 1. The van der Waals surface area contributed by atoms with Gasteiger partial charge in [0.05, 0.1) is 7.11 Å². The van der Waals surface area contributed by atoms with Gasteiger partial charge in [-0.1, -0.05) is 13.0 Å². The van der Waals surface area contributed by atoms with E-state index in [1.54, 1.807) is 12.1 Å². The Kier molecular flexibility index (Phi) is 3.83. The van der Waals surface area contributed by atoms with Crippen molar-refractivity contribution in [1.82, 2.24) is 0 Å². The van der Waals surface area contributed by atoms with Crippen LogP contribution in [0.25, 0.3) is 0 Å². The molecule has 0 heterocycles. The Morgan fingerprint density at radius 3 is 2.67 bits per heavy atom. The number of hydrogen-bond donors (Lipinski definition) is 0. The van der Waals surface area contributed by atoms with Gasteiger partial charge in [0.15, 0.2) is 11.6 Å². The fourth-order valence-corrected chi connectivity index (χ4v) is 1.54. The van der Waals surface area contributed by atoms with Crippen molar-refractivity contribution in [1.29, 1.82) is 0 Å². The average molecular weight is 210 g/mol. The lowest BCUT2D eigenvalue weighted by Gasteiger charge is -2.11. The predicted molar refractivity (Wildman–Crippen MR) is 56.7 cm³/mol. The standard InChI is InChI=1S/C12H15FO2/c1-8(6-9(2)14)10-4-5-12(15-3)11(13)7-10/h4-5,7-8H,6H2,1-3H3. The average Bonchev–Trinajstić information content (AvgIpc) is 2.16. The molecule has 1 unspecified atom stereocenters. The highest BCUT2D eigenvalue weighted by Gasteiger charge is 2.11. The van der Waals surface area contributed by atoms with E-state index in [9.17, 15) is 9.18 Å². The van der Waals surface area contributed by atoms with Crippen LogP contribution >= 0.6 is 0 Å². The molecule has 1 aromatic carbocycles. The fraction of sp³-hybridized carbons (Fsp3) is 0.417. The molecule has 3 heteroatoms. The van der Waals surface area contributed by atoms with E-state index in [2.05, 4.69) is 0 Å². The summed E-state index contributed by atoms with van der Waals surface area (Å²) in [5.41, 5.74) is 0.823. The van der Waals surface area contributed by atoms with Gasteiger partial charge in [-0.05, 0) is 30.5 Å². The van der Waals surface area contributed by atoms with Crippen molar-refractivity contribution in [2.75, 3.05) is 7.11 Å². The van der Waals surface area contributed by atoms with Crippen molar-refractivity contribution in [2.45, 2.75) is 26.2 Å². The number of rotatable bonds is 4. The van der Waals surface area contributed by atoms with Crippen LogP contribution in [0.1, 0.15) is 31.7 Å². The SMILES string of the molecule is COc1ccc(C(C)CC(C)=O)cc1F. The number of ketones is 1. The van der Waals surface area contributed by atoms with Crippen LogP contribution in [0.2, 0.25) is 0 Å². The van der Waals surface area contributed by atoms with Gasteiger partial charge in [0, 0.05) is 6.42 Å². The summed E-state index contributed by atoms with van der Waals surface area (Å²) in [7, 11) is 1.43. The van der Waals surface area contributed by atoms with Crippen molar-refractivity contribution < 1.29 is 13.9 Å². The first kappa shape index (κ1) is 11.7. The third-order valence-corrected chi connectivity index (χ3v) is 2.34. The molecule has 1 atom stereocenters.